The van der Waals surface area contributed by atoms with Crippen LogP contribution in [0.15, 0.2) is 30.5 Å². The lowest BCUT2D eigenvalue weighted by Crippen LogP contribution is -2.18. The number of methoxy groups -OCH3 is 1. The Morgan fingerprint density at radius 3 is 2.63 bits per heavy atom. The number of nitrogens with zero attached hydrogens (tertiary/aromatic N) is 1. The predicted molar refractivity (Wildman–Crippen MR) is 80.8 cm³/mol. The third-order valence-corrected chi connectivity index (χ3v) is 3.19. The standard InChI is InChI=1S/C16H22N2O/c1-11(2)10-12(3)18-16-14-6-5-7-15(19-4)13(14)8-9-17-16/h5-9,11-12H,10H2,1-4H3,(H,17,18). The van der Waals surface area contributed by atoms with Crippen molar-refractivity contribution in [2.75, 3.05) is 12.4 Å². The van der Waals surface area contributed by atoms with Gasteiger partial charge in [0.25, 0.3) is 0 Å². The fraction of sp³-hybridized carbons (Fsp3) is 0.438. The third kappa shape index (κ3) is 3.16. The minimum Gasteiger partial charge on any atom is -0.496 e. The summed E-state index contributed by atoms with van der Waals surface area (Å²) in [6.45, 7) is 6.66. The molecule has 0 fully saturated rings. The van der Waals surface area contributed by atoms with Crippen molar-refractivity contribution < 1.29 is 4.74 Å². The molecule has 0 aliphatic heterocycles. The van der Waals surface area contributed by atoms with Crippen LogP contribution in [0.5, 0.6) is 5.75 Å². The molecule has 2 rings (SSSR count). The highest BCUT2D eigenvalue weighted by Gasteiger charge is 2.10. The van der Waals surface area contributed by atoms with E-state index >= 15 is 0 Å². The molecule has 0 saturated heterocycles. The smallest absolute Gasteiger partial charge is 0.134 e. The van der Waals surface area contributed by atoms with Crippen molar-refractivity contribution in [3.8, 4) is 5.75 Å². The SMILES string of the molecule is COc1cccc2c(NC(C)CC(C)C)nccc12. The average Bonchev–Trinajstić information content (AvgIpc) is 2.37. The number of nitrogens with one attached hydrogen (secondary N) is 1. The fourth-order valence-corrected chi connectivity index (χ4v) is 2.47. The van der Waals surface area contributed by atoms with E-state index in [1.165, 1.54) is 0 Å². The lowest BCUT2D eigenvalue weighted by atomic mass is 10.0. The highest BCUT2D eigenvalue weighted by atomic mass is 16.5. The summed E-state index contributed by atoms with van der Waals surface area (Å²) in [6.07, 6.45) is 2.96. The van der Waals surface area contributed by atoms with Gasteiger partial charge in [0.1, 0.15) is 11.6 Å². The Balaban J connectivity index is 2.33. The lowest BCUT2D eigenvalue weighted by Gasteiger charge is -2.18. The molecule has 1 atom stereocenters. The van der Waals surface area contributed by atoms with Gasteiger partial charge in [-0.25, -0.2) is 4.98 Å². The quantitative estimate of drug-likeness (QED) is 0.877. The van der Waals surface area contributed by atoms with Gasteiger partial charge in [-0.15, -0.1) is 0 Å². The summed E-state index contributed by atoms with van der Waals surface area (Å²) in [5.74, 6) is 2.50. The van der Waals surface area contributed by atoms with E-state index in [2.05, 4.69) is 37.1 Å². The summed E-state index contributed by atoms with van der Waals surface area (Å²) in [5, 5.41) is 5.71. The molecule has 1 aromatic carbocycles. The highest BCUT2D eigenvalue weighted by Crippen LogP contribution is 2.29. The Kier molecular flexibility index (Phi) is 4.25. The van der Waals surface area contributed by atoms with Crippen LogP contribution in [0.1, 0.15) is 27.2 Å². The van der Waals surface area contributed by atoms with Crippen LogP contribution >= 0.6 is 0 Å². The third-order valence-electron chi connectivity index (χ3n) is 3.19. The van der Waals surface area contributed by atoms with Crippen LogP contribution in [0.3, 0.4) is 0 Å². The zero-order valence-electron chi connectivity index (χ0n) is 12.1. The molecule has 0 radical (unpaired) electrons. The van der Waals surface area contributed by atoms with Crippen molar-refractivity contribution in [2.24, 2.45) is 5.92 Å². The molecule has 3 heteroatoms. The van der Waals surface area contributed by atoms with E-state index in [4.69, 9.17) is 4.74 Å². The molecule has 102 valence electrons. The highest BCUT2D eigenvalue weighted by molar-refractivity contribution is 5.95. The molecule has 1 unspecified atom stereocenters. The van der Waals surface area contributed by atoms with Crippen molar-refractivity contribution in [2.45, 2.75) is 33.2 Å². The van der Waals surface area contributed by atoms with Gasteiger partial charge >= 0.3 is 0 Å². The lowest BCUT2D eigenvalue weighted by molar-refractivity contribution is 0.420. The van der Waals surface area contributed by atoms with Gasteiger partial charge in [0, 0.05) is 23.0 Å². The van der Waals surface area contributed by atoms with Crippen molar-refractivity contribution >= 4 is 16.6 Å². The number of anilines is 1. The van der Waals surface area contributed by atoms with Gasteiger partial charge in [-0.2, -0.15) is 0 Å². The zero-order valence-corrected chi connectivity index (χ0v) is 12.1. The van der Waals surface area contributed by atoms with Gasteiger partial charge in [-0.1, -0.05) is 26.0 Å². The molecule has 0 amide bonds. The zero-order chi connectivity index (χ0) is 13.8. The van der Waals surface area contributed by atoms with E-state index in [0.29, 0.717) is 12.0 Å². The van der Waals surface area contributed by atoms with Crippen LogP contribution in [0.4, 0.5) is 5.82 Å². The number of ether oxygens (including phenoxy) is 1. The molecule has 3 nitrogen and oxygen atoms in total. The molecule has 1 aromatic heterocycles. The Morgan fingerprint density at radius 2 is 1.95 bits per heavy atom. The van der Waals surface area contributed by atoms with Crippen LogP contribution in [0, 0.1) is 5.92 Å². The molecule has 0 aliphatic rings. The number of benzene rings is 1. The van der Waals surface area contributed by atoms with Crippen molar-refractivity contribution in [1.29, 1.82) is 0 Å². The summed E-state index contributed by atoms with van der Waals surface area (Å²) < 4.78 is 5.40. The minimum absolute atomic E-state index is 0.407. The van der Waals surface area contributed by atoms with E-state index < -0.39 is 0 Å². The number of hydrogen-bond acceptors (Lipinski definition) is 3. The van der Waals surface area contributed by atoms with Gasteiger partial charge in [0.2, 0.25) is 0 Å². The number of hydrogen-bond donors (Lipinski definition) is 1. The maximum atomic E-state index is 5.40. The second kappa shape index (κ2) is 5.91. The molecule has 19 heavy (non-hydrogen) atoms. The van der Waals surface area contributed by atoms with E-state index in [1.807, 2.05) is 24.4 Å². The van der Waals surface area contributed by atoms with E-state index in [0.717, 1.165) is 28.8 Å². The molecule has 0 spiro atoms. The van der Waals surface area contributed by atoms with Crippen LogP contribution in [0.25, 0.3) is 10.8 Å². The monoisotopic (exact) mass is 258 g/mol. The molecule has 1 heterocycles. The molecule has 0 bridgehead atoms. The maximum absolute atomic E-state index is 5.40. The second-order valence-electron chi connectivity index (χ2n) is 5.39. The van der Waals surface area contributed by atoms with Crippen LogP contribution in [-0.4, -0.2) is 18.1 Å². The van der Waals surface area contributed by atoms with Gasteiger partial charge in [0.15, 0.2) is 0 Å². The molecular formula is C16H22N2O. The number of fused-ring (bicyclic) bond motifs is 1. The van der Waals surface area contributed by atoms with Gasteiger partial charge < -0.3 is 10.1 Å². The summed E-state index contributed by atoms with van der Waals surface area (Å²) in [7, 11) is 1.70. The summed E-state index contributed by atoms with van der Waals surface area (Å²) >= 11 is 0. The van der Waals surface area contributed by atoms with Crippen LogP contribution in [0.2, 0.25) is 0 Å². The summed E-state index contributed by atoms with van der Waals surface area (Å²) in [6, 6.07) is 8.45. The summed E-state index contributed by atoms with van der Waals surface area (Å²) in [5.41, 5.74) is 0. The first-order valence-corrected chi connectivity index (χ1v) is 6.80. The van der Waals surface area contributed by atoms with Crippen LogP contribution in [-0.2, 0) is 0 Å². The Hall–Kier alpha value is -1.77. The number of pyridine rings is 1. The van der Waals surface area contributed by atoms with E-state index in [9.17, 15) is 0 Å². The maximum Gasteiger partial charge on any atom is 0.134 e. The molecule has 1 N–H and O–H groups in total. The molecule has 0 saturated carbocycles. The van der Waals surface area contributed by atoms with Crippen molar-refractivity contribution in [3.63, 3.8) is 0 Å². The Bertz CT molecular complexity index is 551. The Labute approximate surface area is 115 Å². The number of rotatable bonds is 5. The molecule has 2 aromatic rings. The summed E-state index contributed by atoms with van der Waals surface area (Å²) in [4.78, 5) is 4.46. The van der Waals surface area contributed by atoms with E-state index in [1.54, 1.807) is 7.11 Å². The Morgan fingerprint density at radius 1 is 1.16 bits per heavy atom. The molecular weight excluding hydrogens is 236 g/mol. The number of aromatic nitrogens is 1. The average molecular weight is 258 g/mol. The first-order chi connectivity index (χ1) is 9.11. The predicted octanol–water partition coefficient (Wildman–Crippen LogP) is 4.09. The largest absolute Gasteiger partial charge is 0.496 e. The van der Waals surface area contributed by atoms with Gasteiger partial charge in [0.05, 0.1) is 7.11 Å². The molecule has 0 aliphatic carbocycles. The first kappa shape index (κ1) is 13.7. The van der Waals surface area contributed by atoms with Gasteiger partial charge in [-0.05, 0) is 31.4 Å². The van der Waals surface area contributed by atoms with Gasteiger partial charge in [-0.3, -0.25) is 0 Å². The first-order valence-electron chi connectivity index (χ1n) is 6.80. The minimum atomic E-state index is 0.407. The topological polar surface area (TPSA) is 34.1 Å². The fourth-order valence-electron chi connectivity index (χ4n) is 2.47. The van der Waals surface area contributed by atoms with Crippen molar-refractivity contribution in [1.82, 2.24) is 4.98 Å². The second-order valence-corrected chi connectivity index (χ2v) is 5.39. The van der Waals surface area contributed by atoms with Crippen molar-refractivity contribution in [3.05, 3.63) is 30.5 Å². The van der Waals surface area contributed by atoms with E-state index in [-0.39, 0.29) is 0 Å². The normalized spacial score (nSPS) is 12.7. The van der Waals surface area contributed by atoms with Crippen LogP contribution < -0.4 is 10.1 Å².